The average Bonchev–Trinajstić information content (AvgIpc) is 2.81. The maximum atomic E-state index is 5.48. The van der Waals surface area contributed by atoms with Gasteiger partial charge >= 0.3 is 0 Å². The van der Waals surface area contributed by atoms with Crippen molar-refractivity contribution in [1.29, 1.82) is 0 Å². The predicted molar refractivity (Wildman–Crippen MR) is 66.7 cm³/mol. The second-order valence-electron chi connectivity index (χ2n) is 5.34. The molecule has 0 saturated carbocycles. The summed E-state index contributed by atoms with van der Waals surface area (Å²) in [5, 5.41) is 3.67. The summed E-state index contributed by atoms with van der Waals surface area (Å²) in [6, 6.07) is 1.44. The maximum absolute atomic E-state index is 5.48. The van der Waals surface area contributed by atoms with E-state index in [2.05, 4.69) is 24.1 Å². The Kier molecular flexibility index (Phi) is 4.62. The summed E-state index contributed by atoms with van der Waals surface area (Å²) >= 11 is 0. The summed E-state index contributed by atoms with van der Waals surface area (Å²) in [5.41, 5.74) is 0. The van der Waals surface area contributed by atoms with E-state index >= 15 is 0 Å². The highest BCUT2D eigenvalue weighted by Crippen LogP contribution is 2.22. The molecule has 2 rings (SSSR count). The Morgan fingerprint density at radius 2 is 2.25 bits per heavy atom. The summed E-state index contributed by atoms with van der Waals surface area (Å²) in [4.78, 5) is 2.64. The minimum absolute atomic E-state index is 0.703. The van der Waals surface area contributed by atoms with Gasteiger partial charge in [-0.3, -0.25) is 4.90 Å². The number of nitrogens with zero attached hydrogens (tertiary/aromatic N) is 1. The van der Waals surface area contributed by atoms with Crippen molar-refractivity contribution in [2.75, 3.05) is 32.8 Å². The van der Waals surface area contributed by atoms with Gasteiger partial charge < -0.3 is 10.1 Å². The van der Waals surface area contributed by atoms with E-state index in [9.17, 15) is 0 Å². The van der Waals surface area contributed by atoms with Gasteiger partial charge in [0.1, 0.15) is 0 Å². The lowest BCUT2D eigenvalue weighted by Gasteiger charge is -2.40. The van der Waals surface area contributed by atoms with Gasteiger partial charge in [0.2, 0.25) is 0 Å². The standard InChI is InChI=1S/C13H26N2O/c1-3-6-14-13-4-7-15(9-11(13)2)12-5-8-16-10-12/h11-14H,3-10H2,1-2H3. The number of likely N-dealkylation sites (tertiary alicyclic amines) is 1. The molecular formula is C13H26N2O. The molecule has 0 aromatic rings. The third kappa shape index (κ3) is 2.96. The van der Waals surface area contributed by atoms with Crippen molar-refractivity contribution in [3.8, 4) is 0 Å². The van der Waals surface area contributed by atoms with Crippen LogP contribution in [0.3, 0.4) is 0 Å². The highest BCUT2D eigenvalue weighted by molar-refractivity contribution is 4.87. The highest BCUT2D eigenvalue weighted by atomic mass is 16.5. The Morgan fingerprint density at radius 3 is 2.88 bits per heavy atom. The second-order valence-corrected chi connectivity index (χ2v) is 5.34. The molecule has 3 heteroatoms. The third-order valence-electron chi connectivity index (χ3n) is 4.02. The predicted octanol–water partition coefficient (Wildman–Crippen LogP) is 1.49. The van der Waals surface area contributed by atoms with Gasteiger partial charge in [0.05, 0.1) is 6.61 Å². The molecule has 2 aliphatic rings. The van der Waals surface area contributed by atoms with Crippen LogP contribution in [-0.4, -0.2) is 49.8 Å². The van der Waals surface area contributed by atoms with E-state index in [0.717, 1.165) is 25.2 Å². The van der Waals surface area contributed by atoms with Crippen molar-refractivity contribution in [2.24, 2.45) is 5.92 Å². The van der Waals surface area contributed by atoms with Crippen LogP contribution in [0.4, 0.5) is 0 Å². The van der Waals surface area contributed by atoms with Crippen LogP contribution < -0.4 is 5.32 Å². The molecule has 3 atom stereocenters. The summed E-state index contributed by atoms with van der Waals surface area (Å²) < 4.78 is 5.48. The molecule has 0 bridgehead atoms. The average molecular weight is 226 g/mol. The number of rotatable bonds is 4. The van der Waals surface area contributed by atoms with Crippen LogP contribution in [0.5, 0.6) is 0 Å². The molecule has 2 fully saturated rings. The zero-order valence-electron chi connectivity index (χ0n) is 10.7. The first-order chi connectivity index (χ1) is 7.81. The van der Waals surface area contributed by atoms with Crippen molar-refractivity contribution in [3.05, 3.63) is 0 Å². The fraction of sp³-hybridized carbons (Fsp3) is 1.00. The number of piperidine rings is 1. The summed E-state index contributed by atoms with van der Waals surface area (Å²) in [6.45, 7) is 10.2. The Labute approximate surface area is 99.5 Å². The van der Waals surface area contributed by atoms with Gasteiger partial charge in [-0.1, -0.05) is 13.8 Å². The molecule has 94 valence electrons. The van der Waals surface area contributed by atoms with E-state index in [1.807, 2.05) is 0 Å². The largest absolute Gasteiger partial charge is 0.380 e. The van der Waals surface area contributed by atoms with Crippen LogP contribution >= 0.6 is 0 Å². The summed E-state index contributed by atoms with van der Waals surface area (Å²) in [5.74, 6) is 0.779. The first-order valence-electron chi connectivity index (χ1n) is 6.86. The molecule has 0 amide bonds. The number of hydrogen-bond donors (Lipinski definition) is 1. The molecule has 0 aliphatic carbocycles. The molecule has 0 aromatic heterocycles. The Hall–Kier alpha value is -0.120. The van der Waals surface area contributed by atoms with E-state index in [-0.39, 0.29) is 0 Å². The molecule has 2 aliphatic heterocycles. The topological polar surface area (TPSA) is 24.5 Å². The monoisotopic (exact) mass is 226 g/mol. The number of nitrogens with one attached hydrogen (secondary N) is 1. The van der Waals surface area contributed by atoms with Gasteiger partial charge in [0.15, 0.2) is 0 Å². The molecule has 3 unspecified atom stereocenters. The minimum Gasteiger partial charge on any atom is -0.380 e. The minimum atomic E-state index is 0.703. The van der Waals surface area contributed by atoms with Gasteiger partial charge in [-0.15, -0.1) is 0 Å². The van der Waals surface area contributed by atoms with E-state index in [1.54, 1.807) is 0 Å². The normalized spacial score (nSPS) is 36.8. The Morgan fingerprint density at radius 1 is 1.38 bits per heavy atom. The number of ether oxygens (including phenoxy) is 1. The lowest BCUT2D eigenvalue weighted by molar-refractivity contribution is 0.0898. The molecule has 1 N–H and O–H groups in total. The molecule has 2 heterocycles. The smallest absolute Gasteiger partial charge is 0.0622 e. The summed E-state index contributed by atoms with van der Waals surface area (Å²) in [6.07, 6.45) is 3.78. The molecule has 16 heavy (non-hydrogen) atoms. The summed E-state index contributed by atoms with van der Waals surface area (Å²) in [7, 11) is 0. The second kappa shape index (κ2) is 5.99. The van der Waals surface area contributed by atoms with Gasteiger partial charge in [0.25, 0.3) is 0 Å². The van der Waals surface area contributed by atoms with Gasteiger partial charge in [0, 0.05) is 31.8 Å². The van der Waals surface area contributed by atoms with Crippen molar-refractivity contribution in [2.45, 2.75) is 45.2 Å². The molecule has 0 aromatic carbocycles. The lowest BCUT2D eigenvalue weighted by atomic mass is 9.92. The lowest BCUT2D eigenvalue weighted by Crippen LogP contribution is -2.51. The van der Waals surface area contributed by atoms with Crippen molar-refractivity contribution in [1.82, 2.24) is 10.2 Å². The van der Waals surface area contributed by atoms with Crippen LogP contribution in [0.25, 0.3) is 0 Å². The van der Waals surface area contributed by atoms with Gasteiger partial charge in [-0.25, -0.2) is 0 Å². The molecule has 0 spiro atoms. The van der Waals surface area contributed by atoms with Gasteiger partial charge in [-0.05, 0) is 31.7 Å². The van der Waals surface area contributed by atoms with Crippen molar-refractivity contribution < 1.29 is 4.74 Å². The first kappa shape index (κ1) is 12.3. The fourth-order valence-electron chi connectivity index (χ4n) is 2.95. The zero-order chi connectivity index (χ0) is 11.4. The van der Waals surface area contributed by atoms with Crippen LogP contribution in [-0.2, 0) is 4.74 Å². The number of hydrogen-bond acceptors (Lipinski definition) is 3. The van der Waals surface area contributed by atoms with Crippen LogP contribution in [0.15, 0.2) is 0 Å². The van der Waals surface area contributed by atoms with E-state index in [1.165, 1.54) is 38.9 Å². The van der Waals surface area contributed by atoms with Crippen LogP contribution in [0.1, 0.15) is 33.1 Å². The Bertz CT molecular complexity index is 204. The quantitative estimate of drug-likeness (QED) is 0.786. The van der Waals surface area contributed by atoms with Crippen LogP contribution in [0.2, 0.25) is 0 Å². The SMILES string of the molecule is CCCNC1CCN(C2CCOC2)CC1C. The molecule has 0 radical (unpaired) electrons. The third-order valence-corrected chi connectivity index (χ3v) is 4.02. The molecular weight excluding hydrogens is 200 g/mol. The maximum Gasteiger partial charge on any atom is 0.0622 e. The fourth-order valence-corrected chi connectivity index (χ4v) is 2.95. The van der Waals surface area contributed by atoms with E-state index < -0.39 is 0 Å². The van der Waals surface area contributed by atoms with Crippen molar-refractivity contribution in [3.63, 3.8) is 0 Å². The Balaban J connectivity index is 1.77. The van der Waals surface area contributed by atoms with Gasteiger partial charge in [-0.2, -0.15) is 0 Å². The molecule has 2 saturated heterocycles. The van der Waals surface area contributed by atoms with Crippen LogP contribution in [0, 0.1) is 5.92 Å². The van der Waals surface area contributed by atoms with E-state index in [0.29, 0.717) is 6.04 Å². The zero-order valence-corrected chi connectivity index (χ0v) is 10.7. The van der Waals surface area contributed by atoms with E-state index in [4.69, 9.17) is 4.74 Å². The highest BCUT2D eigenvalue weighted by Gasteiger charge is 2.31. The first-order valence-corrected chi connectivity index (χ1v) is 6.86. The van der Waals surface area contributed by atoms with Crippen molar-refractivity contribution >= 4 is 0 Å². The molecule has 3 nitrogen and oxygen atoms in total.